The van der Waals surface area contributed by atoms with Gasteiger partial charge in [-0.2, -0.15) is 8.42 Å². The van der Waals surface area contributed by atoms with Crippen LogP contribution in [-0.4, -0.2) is 23.0 Å². The molecule has 1 N–H and O–H groups in total. The molecular formula is C14H9FN4O2S2. The zero-order valence-corrected chi connectivity index (χ0v) is 13.1. The molecule has 0 aliphatic rings. The molecule has 9 heteroatoms. The molecule has 0 saturated heterocycles. The average molecular weight is 348 g/mol. The van der Waals surface area contributed by atoms with Crippen LogP contribution < -0.4 is 4.72 Å². The van der Waals surface area contributed by atoms with E-state index in [1.165, 1.54) is 40.0 Å². The lowest BCUT2D eigenvalue weighted by Gasteiger charge is -2.06. The van der Waals surface area contributed by atoms with Gasteiger partial charge in [-0.05, 0) is 36.4 Å². The normalized spacial score (nSPS) is 12.0. The van der Waals surface area contributed by atoms with Gasteiger partial charge < -0.3 is 0 Å². The summed E-state index contributed by atoms with van der Waals surface area (Å²) in [5.74, 6) is -0.443. The fraction of sp³-hybridized carbons (Fsp3) is 0. The molecule has 6 nitrogen and oxygen atoms in total. The summed E-state index contributed by atoms with van der Waals surface area (Å²) in [5, 5.41) is 7.52. The van der Waals surface area contributed by atoms with Crippen molar-refractivity contribution < 1.29 is 12.8 Å². The third kappa shape index (κ3) is 2.34. The Morgan fingerprint density at radius 1 is 1.04 bits per heavy atom. The number of rotatable bonds is 3. The van der Waals surface area contributed by atoms with Crippen LogP contribution in [0.4, 0.5) is 10.1 Å². The van der Waals surface area contributed by atoms with E-state index in [0.717, 1.165) is 10.2 Å². The second-order valence-electron chi connectivity index (χ2n) is 4.78. The Bertz CT molecular complexity index is 1120. The second-order valence-corrected chi connectivity index (χ2v) is 7.37. The average Bonchev–Trinajstić information content (AvgIpc) is 3.08. The van der Waals surface area contributed by atoms with Crippen LogP contribution in [0.3, 0.4) is 0 Å². The van der Waals surface area contributed by atoms with Crippen molar-refractivity contribution in [3.05, 3.63) is 54.3 Å². The Kier molecular flexibility index (Phi) is 3.06. The minimum absolute atomic E-state index is 0.200. The number of nitrogens with zero attached hydrogens (tertiary/aromatic N) is 3. The Morgan fingerprint density at radius 2 is 1.78 bits per heavy atom. The van der Waals surface area contributed by atoms with Crippen LogP contribution in [0.2, 0.25) is 0 Å². The van der Waals surface area contributed by atoms with Crippen molar-refractivity contribution in [2.75, 3.05) is 4.72 Å². The molecule has 2 aromatic carbocycles. The van der Waals surface area contributed by atoms with Crippen LogP contribution in [0, 0.1) is 5.82 Å². The van der Waals surface area contributed by atoms with Crippen LogP contribution >= 0.6 is 11.3 Å². The molecule has 0 aliphatic heterocycles. The molecule has 0 spiro atoms. The number of anilines is 1. The monoisotopic (exact) mass is 348 g/mol. The predicted octanol–water partition coefficient (Wildman–Crippen LogP) is 2.88. The minimum atomic E-state index is -3.95. The smallest absolute Gasteiger partial charge is 0.277 e. The summed E-state index contributed by atoms with van der Waals surface area (Å²) in [4.78, 5) is 0.491. The zero-order valence-electron chi connectivity index (χ0n) is 11.5. The lowest BCUT2D eigenvalue weighted by Crippen LogP contribution is -2.16. The van der Waals surface area contributed by atoms with Gasteiger partial charge in [0.05, 0.1) is 10.2 Å². The maximum atomic E-state index is 12.9. The predicted molar refractivity (Wildman–Crippen MR) is 85.6 cm³/mol. The van der Waals surface area contributed by atoms with Crippen LogP contribution in [0.25, 0.3) is 15.2 Å². The SMILES string of the molecule is O=S(=O)(Nc1ccc(F)cc1)c1nnc2sc3ccccc3n12. The molecule has 0 unspecified atom stereocenters. The third-order valence-corrected chi connectivity index (χ3v) is 5.51. The molecule has 0 saturated carbocycles. The molecule has 2 heterocycles. The van der Waals surface area contributed by atoms with Crippen molar-refractivity contribution in [1.82, 2.24) is 14.6 Å². The van der Waals surface area contributed by atoms with E-state index in [2.05, 4.69) is 14.9 Å². The van der Waals surface area contributed by atoms with E-state index >= 15 is 0 Å². The number of benzene rings is 2. The summed E-state index contributed by atoms with van der Waals surface area (Å²) in [6.45, 7) is 0. The zero-order chi connectivity index (χ0) is 16.0. The van der Waals surface area contributed by atoms with E-state index in [0.29, 0.717) is 4.96 Å². The molecule has 0 atom stereocenters. The number of halogens is 1. The Hall–Kier alpha value is -2.52. The number of nitrogens with one attached hydrogen (secondary N) is 1. The summed E-state index contributed by atoms with van der Waals surface area (Å²) in [6, 6.07) is 12.4. The van der Waals surface area contributed by atoms with Crippen molar-refractivity contribution in [1.29, 1.82) is 0 Å². The van der Waals surface area contributed by atoms with Crippen molar-refractivity contribution in [3.63, 3.8) is 0 Å². The van der Waals surface area contributed by atoms with Gasteiger partial charge in [0.25, 0.3) is 15.2 Å². The number of hydrogen-bond donors (Lipinski definition) is 1. The van der Waals surface area contributed by atoms with Gasteiger partial charge >= 0.3 is 0 Å². The summed E-state index contributed by atoms with van der Waals surface area (Å²) in [6.07, 6.45) is 0. The summed E-state index contributed by atoms with van der Waals surface area (Å²) in [5.41, 5.74) is 0.972. The van der Waals surface area contributed by atoms with Gasteiger partial charge in [0.15, 0.2) is 0 Å². The first kappa shape index (κ1) is 14.1. The highest BCUT2D eigenvalue weighted by molar-refractivity contribution is 7.92. The molecule has 116 valence electrons. The van der Waals surface area contributed by atoms with E-state index < -0.39 is 15.8 Å². The lowest BCUT2D eigenvalue weighted by atomic mass is 10.3. The topological polar surface area (TPSA) is 76.4 Å². The first-order chi connectivity index (χ1) is 11.0. The van der Waals surface area contributed by atoms with Gasteiger partial charge in [-0.3, -0.25) is 9.12 Å². The van der Waals surface area contributed by atoms with Crippen molar-refractivity contribution in [2.45, 2.75) is 5.16 Å². The van der Waals surface area contributed by atoms with Gasteiger partial charge in [-0.25, -0.2) is 4.39 Å². The van der Waals surface area contributed by atoms with Gasteiger partial charge in [-0.1, -0.05) is 23.5 Å². The van der Waals surface area contributed by atoms with E-state index in [-0.39, 0.29) is 10.8 Å². The number of thiazole rings is 1. The number of sulfonamides is 1. The second kappa shape index (κ2) is 5.00. The minimum Gasteiger partial charge on any atom is -0.277 e. The van der Waals surface area contributed by atoms with Gasteiger partial charge in [-0.15, -0.1) is 10.2 Å². The first-order valence-corrected chi connectivity index (χ1v) is 8.86. The largest absolute Gasteiger partial charge is 0.298 e. The maximum absolute atomic E-state index is 12.9. The highest BCUT2D eigenvalue weighted by Gasteiger charge is 2.24. The molecule has 4 rings (SSSR count). The van der Waals surface area contributed by atoms with Crippen LogP contribution in [0.1, 0.15) is 0 Å². The Labute approximate surface area is 134 Å². The summed E-state index contributed by atoms with van der Waals surface area (Å²) in [7, 11) is -3.95. The number of fused-ring (bicyclic) bond motifs is 3. The van der Waals surface area contributed by atoms with E-state index in [1.807, 2.05) is 18.2 Å². The summed E-state index contributed by atoms with van der Waals surface area (Å²) >= 11 is 1.35. The molecular weight excluding hydrogens is 339 g/mol. The molecule has 0 bridgehead atoms. The van der Waals surface area contributed by atoms with E-state index in [1.54, 1.807) is 6.07 Å². The van der Waals surface area contributed by atoms with Gasteiger partial charge in [0.2, 0.25) is 4.96 Å². The van der Waals surface area contributed by atoms with Crippen LogP contribution in [-0.2, 0) is 10.0 Å². The van der Waals surface area contributed by atoms with Gasteiger partial charge in [0.1, 0.15) is 5.82 Å². The Balaban J connectivity index is 1.85. The van der Waals surface area contributed by atoms with E-state index in [4.69, 9.17) is 0 Å². The van der Waals surface area contributed by atoms with Crippen molar-refractivity contribution in [2.24, 2.45) is 0 Å². The molecule has 0 amide bonds. The molecule has 4 aromatic rings. The van der Waals surface area contributed by atoms with Gasteiger partial charge in [0, 0.05) is 5.69 Å². The fourth-order valence-electron chi connectivity index (χ4n) is 2.25. The first-order valence-electron chi connectivity index (χ1n) is 6.56. The lowest BCUT2D eigenvalue weighted by molar-refractivity contribution is 0.591. The molecule has 0 fully saturated rings. The van der Waals surface area contributed by atoms with Crippen molar-refractivity contribution >= 4 is 42.2 Å². The van der Waals surface area contributed by atoms with Crippen LogP contribution in [0.15, 0.2) is 53.7 Å². The number of hydrogen-bond acceptors (Lipinski definition) is 5. The van der Waals surface area contributed by atoms with Crippen molar-refractivity contribution in [3.8, 4) is 0 Å². The third-order valence-electron chi connectivity index (χ3n) is 3.25. The highest BCUT2D eigenvalue weighted by Crippen LogP contribution is 2.28. The summed E-state index contributed by atoms with van der Waals surface area (Å²) < 4.78 is 42.9. The Morgan fingerprint density at radius 3 is 2.57 bits per heavy atom. The highest BCUT2D eigenvalue weighted by atomic mass is 32.2. The molecule has 23 heavy (non-hydrogen) atoms. The number of aromatic nitrogens is 3. The molecule has 0 aliphatic carbocycles. The molecule has 0 radical (unpaired) electrons. The maximum Gasteiger partial charge on any atom is 0.298 e. The van der Waals surface area contributed by atoms with E-state index in [9.17, 15) is 12.8 Å². The molecule has 2 aromatic heterocycles. The fourth-order valence-corrected chi connectivity index (χ4v) is 4.38. The number of para-hydroxylation sites is 1. The standard InChI is InChI=1S/C14H9FN4O2S2/c15-9-5-7-10(8-6-9)18-23(20,21)14-17-16-13-19(14)11-3-1-2-4-12(11)22-13/h1-8,18H. The quantitative estimate of drug-likeness (QED) is 0.618. The van der Waals surface area contributed by atoms with Crippen LogP contribution in [0.5, 0.6) is 0 Å².